The number of aromatic nitrogens is 2. The van der Waals surface area contributed by atoms with E-state index in [1.807, 2.05) is 30.3 Å². The van der Waals surface area contributed by atoms with Crippen molar-refractivity contribution in [3.63, 3.8) is 0 Å². The van der Waals surface area contributed by atoms with Crippen molar-refractivity contribution in [2.45, 2.75) is 75.5 Å². The van der Waals surface area contributed by atoms with Gasteiger partial charge in [-0.15, -0.1) is 0 Å². The van der Waals surface area contributed by atoms with Crippen molar-refractivity contribution in [3.8, 4) is 5.75 Å². The molecule has 3 atom stereocenters. The van der Waals surface area contributed by atoms with Gasteiger partial charge in [0.25, 0.3) is 11.8 Å². The summed E-state index contributed by atoms with van der Waals surface area (Å²) in [7, 11) is 0. The lowest BCUT2D eigenvalue weighted by molar-refractivity contribution is -0.136. The fraction of sp³-hybridized carbons (Fsp3) is 0.400. The highest BCUT2D eigenvalue weighted by atomic mass is 16.6. The van der Waals surface area contributed by atoms with Crippen LogP contribution in [0.25, 0.3) is 0 Å². The van der Waals surface area contributed by atoms with Gasteiger partial charge in [0.15, 0.2) is 5.82 Å². The van der Waals surface area contributed by atoms with Gasteiger partial charge in [0.2, 0.25) is 17.7 Å². The van der Waals surface area contributed by atoms with Crippen LogP contribution >= 0.6 is 0 Å². The molecular weight excluding hydrogens is 646 g/mol. The topological polar surface area (TPSA) is 206 Å². The molecule has 1 saturated carbocycles. The van der Waals surface area contributed by atoms with E-state index >= 15 is 0 Å². The van der Waals surface area contributed by atoms with Gasteiger partial charge in [-0.3, -0.25) is 39.3 Å². The van der Waals surface area contributed by atoms with E-state index in [1.165, 1.54) is 0 Å². The van der Waals surface area contributed by atoms with Crippen LogP contribution in [0.4, 0.5) is 16.3 Å². The standard InChI is InChI=1S/C35H37N7O8/c36-35(48)50-24-7-3-20(16-24)27-18-29(40-39-27)37-31(44)15-19-1-5-22(6-2-19)49-23-11-13-41(14-12-23)21-4-8-25-26(17-21)34(47)42(33(25)46)28-9-10-30(43)38-32(28)45/h1-2,4-6,8,17-18,20,23-24,28H,3,7,9-16H2,(H2,36,48)(H,38,43,45)(H2,37,39,40,44)/t20-,24+,28?/m0/s1. The van der Waals surface area contributed by atoms with Crippen LogP contribution in [0, 0.1) is 0 Å². The zero-order valence-electron chi connectivity index (χ0n) is 27.2. The van der Waals surface area contributed by atoms with Gasteiger partial charge in [-0.25, -0.2) is 4.79 Å². The molecule has 0 spiro atoms. The van der Waals surface area contributed by atoms with Crippen molar-refractivity contribution >= 4 is 47.1 Å². The first-order valence-electron chi connectivity index (χ1n) is 16.8. The highest BCUT2D eigenvalue weighted by molar-refractivity contribution is 6.23. The summed E-state index contributed by atoms with van der Waals surface area (Å²) in [6.07, 6.45) is 3.03. The summed E-state index contributed by atoms with van der Waals surface area (Å²) in [6.45, 7) is 1.36. The maximum Gasteiger partial charge on any atom is 0.404 e. The molecule has 1 aliphatic carbocycles. The number of nitrogens with one attached hydrogen (secondary N) is 3. The Morgan fingerprint density at radius 1 is 0.900 bits per heavy atom. The van der Waals surface area contributed by atoms with Crippen molar-refractivity contribution in [2.24, 2.45) is 5.73 Å². The number of hydrogen-bond acceptors (Lipinski definition) is 10. The Bertz CT molecular complexity index is 1850. The largest absolute Gasteiger partial charge is 0.490 e. The van der Waals surface area contributed by atoms with Gasteiger partial charge < -0.3 is 25.4 Å². The van der Waals surface area contributed by atoms with E-state index in [0.29, 0.717) is 31.1 Å². The maximum absolute atomic E-state index is 13.2. The van der Waals surface area contributed by atoms with Gasteiger partial charge in [-0.05, 0) is 61.6 Å². The van der Waals surface area contributed by atoms with Crippen molar-refractivity contribution in [1.82, 2.24) is 20.4 Å². The molecule has 50 heavy (non-hydrogen) atoms. The number of hydrogen-bond donors (Lipinski definition) is 4. The predicted molar refractivity (Wildman–Crippen MR) is 177 cm³/mol. The first-order chi connectivity index (χ1) is 24.1. The second-order valence-electron chi connectivity index (χ2n) is 13.1. The third kappa shape index (κ3) is 6.88. The Balaban J connectivity index is 0.874. The number of carbonyl (C=O) groups excluding carboxylic acids is 6. The number of primary amides is 1. The highest BCUT2D eigenvalue weighted by Crippen LogP contribution is 2.36. The number of H-pyrrole nitrogens is 1. The Kier molecular flexibility index (Phi) is 8.95. The number of piperidine rings is 2. The van der Waals surface area contributed by atoms with Crippen molar-refractivity contribution in [3.05, 3.63) is 70.9 Å². The summed E-state index contributed by atoms with van der Waals surface area (Å²) in [6, 6.07) is 13.4. The Morgan fingerprint density at radius 3 is 2.40 bits per heavy atom. The van der Waals surface area contributed by atoms with Gasteiger partial charge in [0.1, 0.15) is 24.0 Å². The normalized spacial score (nSPS) is 22.4. The first kappa shape index (κ1) is 32.8. The molecule has 15 heteroatoms. The molecule has 3 aliphatic heterocycles. The van der Waals surface area contributed by atoms with Gasteiger partial charge in [-0.2, -0.15) is 5.10 Å². The quantitative estimate of drug-likeness (QED) is 0.243. The smallest absolute Gasteiger partial charge is 0.404 e. The molecule has 3 fully saturated rings. The number of amides is 6. The van der Waals surface area contributed by atoms with Gasteiger partial charge in [0, 0.05) is 55.7 Å². The highest BCUT2D eigenvalue weighted by Gasteiger charge is 2.45. The monoisotopic (exact) mass is 683 g/mol. The number of aromatic amines is 1. The van der Waals surface area contributed by atoms with Crippen molar-refractivity contribution in [1.29, 1.82) is 0 Å². The van der Waals surface area contributed by atoms with Crippen LogP contribution in [0.3, 0.4) is 0 Å². The molecule has 15 nitrogen and oxygen atoms in total. The molecule has 4 heterocycles. The van der Waals surface area contributed by atoms with Crippen LogP contribution in [0.5, 0.6) is 5.75 Å². The minimum Gasteiger partial charge on any atom is -0.490 e. The number of carbonyl (C=O) groups is 6. The molecule has 0 radical (unpaired) electrons. The molecule has 2 saturated heterocycles. The van der Waals surface area contributed by atoms with E-state index in [1.54, 1.807) is 18.2 Å². The third-order valence-corrected chi connectivity index (χ3v) is 9.79. The molecule has 0 bridgehead atoms. The van der Waals surface area contributed by atoms with Crippen LogP contribution in [0.1, 0.15) is 82.8 Å². The number of imide groups is 2. The molecule has 5 N–H and O–H groups in total. The van der Waals surface area contributed by atoms with Gasteiger partial charge in [-0.1, -0.05) is 12.1 Å². The van der Waals surface area contributed by atoms with E-state index in [4.69, 9.17) is 15.2 Å². The van der Waals surface area contributed by atoms with Crippen molar-refractivity contribution < 1.29 is 38.2 Å². The van der Waals surface area contributed by atoms with Crippen LogP contribution in [0.15, 0.2) is 48.5 Å². The summed E-state index contributed by atoms with van der Waals surface area (Å²) in [5.74, 6) is -1.01. The average Bonchev–Trinajstić information content (AvgIpc) is 3.81. The summed E-state index contributed by atoms with van der Waals surface area (Å²) < 4.78 is 11.3. The lowest BCUT2D eigenvalue weighted by atomic mass is 10.0. The average molecular weight is 684 g/mol. The minimum absolute atomic E-state index is 0.0209. The molecule has 260 valence electrons. The minimum atomic E-state index is -0.997. The third-order valence-electron chi connectivity index (χ3n) is 9.79. The van der Waals surface area contributed by atoms with E-state index in [2.05, 4.69) is 25.7 Å². The zero-order chi connectivity index (χ0) is 34.9. The van der Waals surface area contributed by atoms with E-state index < -0.39 is 35.8 Å². The first-order valence-corrected chi connectivity index (χ1v) is 16.8. The van der Waals surface area contributed by atoms with Crippen LogP contribution < -0.4 is 26.0 Å². The van der Waals surface area contributed by atoms with E-state index in [0.717, 1.165) is 47.5 Å². The van der Waals surface area contributed by atoms with Crippen LogP contribution in [0.2, 0.25) is 0 Å². The number of rotatable bonds is 9. The second kappa shape index (κ2) is 13.6. The summed E-state index contributed by atoms with van der Waals surface area (Å²) >= 11 is 0. The number of nitrogens with zero attached hydrogens (tertiary/aromatic N) is 3. The van der Waals surface area contributed by atoms with E-state index in [9.17, 15) is 28.8 Å². The molecule has 4 aliphatic rings. The molecular formula is C35H37N7O8. The number of anilines is 2. The van der Waals surface area contributed by atoms with Gasteiger partial charge >= 0.3 is 6.09 Å². The summed E-state index contributed by atoms with van der Waals surface area (Å²) in [4.78, 5) is 77.0. The lowest BCUT2D eigenvalue weighted by Crippen LogP contribution is -2.54. The predicted octanol–water partition coefficient (Wildman–Crippen LogP) is 2.77. The summed E-state index contributed by atoms with van der Waals surface area (Å²) in [5.41, 5.74) is 8.15. The lowest BCUT2D eigenvalue weighted by Gasteiger charge is -2.34. The van der Waals surface area contributed by atoms with E-state index in [-0.39, 0.29) is 54.4 Å². The Hall–Kier alpha value is -5.73. The maximum atomic E-state index is 13.2. The Morgan fingerprint density at radius 2 is 1.66 bits per heavy atom. The zero-order valence-corrected chi connectivity index (χ0v) is 27.2. The number of benzene rings is 2. The SMILES string of the molecule is NC(=O)O[C@@H]1CC[C@H](c2cc(NC(=O)Cc3ccc(OC4CCN(c5ccc6c(c5)C(=O)N(C5CCC(=O)NC5=O)C6=O)CC4)cc3)n[nH]2)C1. The number of ether oxygens (including phenoxy) is 2. The summed E-state index contributed by atoms with van der Waals surface area (Å²) in [5, 5.41) is 12.2. The molecule has 1 aromatic heterocycles. The fourth-order valence-electron chi connectivity index (χ4n) is 7.24. The second-order valence-corrected chi connectivity index (χ2v) is 13.1. The molecule has 3 aromatic rings. The van der Waals surface area contributed by atoms with Crippen LogP contribution in [-0.2, 0) is 25.5 Å². The molecule has 6 amide bonds. The number of fused-ring (bicyclic) bond motifs is 1. The van der Waals surface area contributed by atoms with Crippen LogP contribution in [-0.4, -0.2) is 82.1 Å². The fourth-order valence-corrected chi connectivity index (χ4v) is 7.24. The van der Waals surface area contributed by atoms with Crippen molar-refractivity contribution in [2.75, 3.05) is 23.3 Å². The molecule has 1 unspecified atom stereocenters. The molecule has 2 aromatic carbocycles. The Labute approximate surface area is 286 Å². The number of nitrogens with two attached hydrogens (primary N) is 1. The van der Waals surface area contributed by atoms with Gasteiger partial charge in [0.05, 0.1) is 17.5 Å². The molecule has 7 rings (SSSR count).